The molecule has 1 heterocycles. The van der Waals surface area contributed by atoms with Crippen molar-refractivity contribution in [3.8, 4) is 0 Å². The average Bonchev–Trinajstić information content (AvgIpc) is 2.29. The molecule has 0 radical (unpaired) electrons. The third kappa shape index (κ3) is 3.03. The number of hydrogen-bond acceptors (Lipinski definition) is 1. The highest BCUT2D eigenvalue weighted by Gasteiger charge is 2.43. The summed E-state index contributed by atoms with van der Waals surface area (Å²) in [6, 6.07) is 9.83. The van der Waals surface area contributed by atoms with Crippen molar-refractivity contribution < 1.29 is 8.78 Å². The molecule has 3 heteroatoms. The van der Waals surface area contributed by atoms with Crippen LogP contribution >= 0.6 is 0 Å². The molecule has 0 spiro atoms. The molecular weight excluding hydrogens is 220 g/mol. The molecule has 1 unspecified atom stereocenters. The molecule has 0 amide bonds. The molecule has 0 N–H and O–H groups in total. The summed E-state index contributed by atoms with van der Waals surface area (Å²) >= 11 is 0. The van der Waals surface area contributed by atoms with E-state index >= 15 is 0 Å². The number of alkyl halides is 2. The Kier molecular flexibility index (Phi) is 3.77. The molecule has 1 saturated heterocycles. The van der Waals surface area contributed by atoms with Crippen LogP contribution in [0.15, 0.2) is 30.3 Å². The van der Waals surface area contributed by atoms with E-state index in [1.807, 2.05) is 42.2 Å². The van der Waals surface area contributed by atoms with Crippen LogP contribution in [-0.2, 0) is 6.54 Å². The lowest BCUT2D eigenvalue weighted by molar-refractivity contribution is -0.113. The van der Waals surface area contributed by atoms with Crippen LogP contribution in [0, 0.1) is 5.92 Å². The van der Waals surface area contributed by atoms with Gasteiger partial charge in [-0.05, 0) is 24.9 Å². The van der Waals surface area contributed by atoms with Gasteiger partial charge in [-0.1, -0.05) is 37.3 Å². The van der Waals surface area contributed by atoms with E-state index in [1.54, 1.807) is 0 Å². The first kappa shape index (κ1) is 12.5. The molecule has 1 aromatic rings. The fourth-order valence-electron chi connectivity index (χ4n) is 2.54. The normalized spacial score (nSPS) is 24.8. The first-order valence-electron chi connectivity index (χ1n) is 6.26. The van der Waals surface area contributed by atoms with Gasteiger partial charge in [0, 0.05) is 12.5 Å². The van der Waals surface area contributed by atoms with Crippen molar-refractivity contribution in [2.45, 2.75) is 32.2 Å². The zero-order chi connectivity index (χ0) is 12.3. The molecule has 1 aliphatic heterocycles. The monoisotopic (exact) mass is 239 g/mol. The molecule has 1 aromatic carbocycles. The predicted octanol–water partition coefficient (Wildman–Crippen LogP) is 3.55. The zero-order valence-electron chi connectivity index (χ0n) is 10.2. The fourth-order valence-corrected chi connectivity index (χ4v) is 2.54. The summed E-state index contributed by atoms with van der Waals surface area (Å²) in [7, 11) is 0. The predicted molar refractivity (Wildman–Crippen MR) is 65.1 cm³/mol. The number of hydrogen-bond donors (Lipinski definition) is 0. The van der Waals surface area contributed by atoms with Crippen LogP contribution in [0.5, 0.6) is 0 Å². The third-order valence-corrected chi connectivity index (χ3v) is 3.57. The van der Waals surface area contributed by atoms with Crippen LogP contribution in [0.4, 0.5) is 8.78 Å². The Morgan fingerprint density at radius 1 is 1.29 bits per heavy atom. The fraction of sp³-hybridized carbons (Fsp3) is 0.571. The van der Waals surface area contributed by atoms with E-state index in [0.29, 0.717) is 19.4 Å². The number of halogens is 2. The van der Waals surface area contributed by atoms with Gasteiger partial charge in [-0.3, -0.25) is 4.90 Å². The van der Waals surface area contributed by atoms with Crippen molar-refractivity contribution in [2.75, 3.05) is 13.1 Å². The number of likely N-dealkylation sites (tertiary alicyclic amines) is 1. The number of benzene rings is 1. The van der Waals surface area contributed by atoms with Gasteiger partial charge >= 0.3 is 0 Å². The van der Waals surface area contributed by atoms with Crippen LogP contribution in [0.2, 0.25) is 0 Å². The Hall–Kier alpha value is -0.960. The Bertz CT molecular complexity index is 350. The largest absolute Gasteiger partial charge is 0.293 e. The lowest BCUT2D eigenvalue weighted by Gasteiger charge is -2.38. The molecule has 0 bridgehead atoms. The summed E-state index contributed by atoms with van der Waals surface area (Å²) in [4.78, 5) is 1.86. The summed E-state index contributed by atoms with van der Waals surface area (Å²) in [5.41, 5.74) is 1.11. The summed E-state index contributed by atoms with van der Waals surface area (Å²) in [5, 5.41) is 0. The van der Waals surface area contributed by atoms with Crippen molar-refractivity contribution in [1.29, 1.82) is 0 Å². The van der Waals surface area contributed by atoms with Gasteiger partial charge in [0.1, 0.15) is 0 Å². The molecule has 94 valence electrons. The molecule has 17 heavy (non-hydrogen) atoms. The van der Waals surface area contributed by atoms with Crippen LogP contribution in [0.3, 0.4) is 0 Å². The minimum Gasteiger partial charge on any atom is -0.293 e. The van der Waals surface area contributed by atoms with Gasteiger partial charge in [0.25, 0.3) is 5.92 Å². The standard InChI is InChI=1S/C14H19F2N/c1-2-13-8-9-17(11-14(13,15)16)10-12-6-4-3-5-7-12/h3-7,13H,2,8-11H2,1H3. The number of nitrogens with zero attached hydrogens (tertiary/aromatic N) is 1. The van der Waals surface area contributed by atoms with Gasteiger partial charge in [0.05, 0.1) is 6.54 Å². The summed E-state index contributed by atoms with van der Waals surface area (Å²) in [5.74, 6) is -2.96. The Balaban J connectivity index is 1.97. The van der Waals surface area contributed by atoms with Crippen LogP contribution in [0.1, 0.15) is 25.3 Å². The Morgan fingerprint density at radius 2 is 2.00 bits per heavy atom. The quantitative estimate of drug-likeness (QED) is 0.779. The first-order valence-corrected chi connectivity index (χ1v) is 6.26. The SMILES string of the molecule is CCC1CCN(Cc2ccccc2)CC1(F)F. The second-order valence-electron chi connectivity index (χ2n) is 4.85. The van der Waals surface area contributed by atoms with Gasteiger partial charge in [0.2, 0.25) is 0 Å². The first-order chi connectivity index (χ1) is 8.12. The minimum absolute atomic E-state index is 0.0968. The van der Waals surface area contributed by atoms with Crippen molar-refractivity contribution in [1.82, 2.24) is 4.90 Å². The van der Waals surface area contributed by atoms with E-state index in [9.17, 15) is 8.78 Å². The third-order valence-electron chi connectivity index (χ3n) is 3.57. The van der Waals surface area contributed by atoms with E-state index in [4.69, 9.17) is 0 Å². The molecule has 2 rings (SSSR count). The van der Waals surface area contributed by atoms with Gasteiger partial charge < -0.3 is 0 Å². The molecule has 0 aromatic heterocycles. The smallest absolute Gasteiger partial charge is 0.263 e. The zero-order valence-corrected chi connectivity index (χ0v) is 10.2. The Labute approximate surface area is 101 Å². The highest BCUT2D eigenvalue weighted by molar-refractivity contribution is 5.14. The van der Waals surface area contributed by atoms with E-state index < -0.39 is 11.8 Å². The highest BCUT2D eigenvalue weighted by Crippen LogP contribution is 2.35. The second kappa shape index (κ2) is 5.13. The molecular formula is C14H19F2N. The molecule has 0 saturated carbocycles. The van der Waals surface area contributed by atoms with Gasteiger partial charge in [-0.2, -0.15) is 0 Å². The maximum Gasteiger partial charge on any atom is 0.263 e. The van der Waals surface area contributed by atoms with Crippen molar-refractivity contribution >= 4 is 0 Å². The van der Waals surface area contributed by atoms with E-state index in [0.717, 1.165) is 12.1 Å². The van der Waals surface area contributed by atoms with E-state index in [2.05, 4.69) is 0 Å². The van der Waals surface area contributed by atoms with Crippen LogP contribution < -0.4 is 0 Å². The van der Waals surface area contributed by atoms with Crippen molar-refractivity contribution in [3.63, 3.8) is 0 Å². The maximum atomic E-state index is 13.8. The maximum absolute atomic E-state index is 13.8. The number of piperidine rings is 1. The lowest BCUT2D eigenvalue weighted by atomic mass is 9.90. The van der Waals surface area contributed by atoms with Gasteiger partial charge in [-0.15, -0.1) is 0 Å². The molecule has 1 fully saturated rings. The van der Waals surface area contributed by atoms with Crippen LogP contribution in [0.25, 0.3) is 0 Å². The van der Waals surface area contributed by atoms with E-state index in [-0.39, 0.29) is 6.54 Å². The van der Waals surface area contributed by atoms with Crippen molar-refractivity contribution in [3.05, 3.63) is 35.9 Å². The number of rotatable bonds is 3. The van der Waals surface area contributed by atoms with Crippen molar-refractivity contribution in [2.24, 2.45) is 5.92 Å². The van der Waals surface area contributed by atoms with Gasteiger partial charge in [0.15, 0.2) is 0 Å². The second-order valence-corrected chi connectivity index (χ2v) is 4.85. The molecule has 1 nitrogen and oxygen atoms in total. The summed E-state index contributed by atoms with van der Waals surface area (Å²) < 4.78 is 27.6. The molecule has 1 atom stereocenters. The van der Waals surface area contributed by atoms with E-state index in [1.165, 1.54) is 0 Å². The lowest BCUT2D eigenvalue weighted by Crippen LogP contribution is -2.47. The molecule has 0 aliphatic carbocycles. The summed E-state index contributed by atoms with van der Waals surface area (Å²) in [6.07, 6.45) is 1.18. The Morgan fingerprint density at radius 3 is 2.59 bits per heavy atom. The molecule has 1 aliphatic rings. The average molecular weight is 239 g/mol. The van der Waals surface area contributed by atoms with Crippen LogP contribution in [-0.4, -0.2) is 23.9 Å². The minimum atomic E-state index is -2.53. The van der Waals surface area contributed by atoms with Gasteiger partial charge in [-0.25, -0.2) is 8.78 Å². The highest BCUT2D eigenvalue weighted by atomic mass is 19.3. The topological polar surface area (TPSA) is 3.24 Å². The summed E-state index contributed by atoms with van der Waals surface area (Å²) in [6.45, 7) is 3.17.